The van der Waals surface area contributed by atoms with Gasteiger partial charge in [-0.3, -0.25) is 0 Å². The van der Waals surface area contributed by atoms with E-state index in [0.29, 0.717) is 6.04 Å². The summed E-state index contributed by atoms with van der Waals surface area (Å²) in [7, 11) is 1.99. The van der Waals surface area contributed by atoms with Gasteiger partial charge in [0.1, 0.15) is 5.75 Å². The van der Waals surface area contributed by atoms with E-state index in [4.69, 9.17) is 4.74 Å². The Morgan fingerprint density at radius 2 is 1.84 bits per heavy atom. The Balaban J connectivity index is 2.75. The van der Waals surface area contributed by atoms with Gasteiger partial charge in [-0.15, -0.1) is 0 Å². The van der Waals surface area contributed by atoms with Crippen LogP contribution in [0, 0.1) is 6.92 Å². The van der Waals surface area contributed by atoms with Gasteiger partial charge in [-0.25, -0.2) is 0 Å². The lowest BCUT2D eigenvalue weighted by Gasteiger charge is -2.23. The molecule has 0 radical (unpaired) electrons. The predicted octanol–water partition coefficient (Wildman–Crippen LogP) is 4.06. The van der Waals surface area contributed by atoms with Crippen molar-refractivity contribution in [3.63, 3.8) is 0 Å². The van der Waals surface area contributed by atoms with E-state index in [1.54, 1.807) is 0 Å². The maximum absolute atomic E-state index is 6.05. The molecule has 2 nitrogen and oxygen atoms in total. The molecule has 0 aliphatic carbocycles. The van der Waals surface area contributed by atoms with Crippen LogP contribution in [0.15, 0.2) is 18.2 Å². The summed E-state index contributed by atoms with van der Waals surface area (Å²) in [6.45, 7) is 13.1. The lowest BCUT2D eigenvalue weighted by molar-refractivity contribution is 0.196. The van der Waals surface area contributed by atoms with Crippen molar-refractivity contribution in [1.82, 2.24) is 5.32 Å². The first-order chi connectivity index (χ1) is 8.74. The molecule has 1 N–H and O–H groups in total. The molecule has 0 saturated carbocycles. The molecule has 0 spiro atoms. The minimum atomic E-state index is 0.190. The van der Waals surface area contributed by atoms with Crippen molar-refractivity contribution in [3.8, 4) is 5.75 Å². The maximum atomic E-state index is 6.05. The van der Waals surface area contributed by atoms with Gasteiger partial charge in [-0.05, 0) is 56.8 Å². The van der Waals surface area contributed by atoms with Gasteiger partial charge in [-0.2, -0.15) is 0 Å². The predicted molar refractivity (Wildman–Crippen MR) is 83.1 cm³/mol. The number of hydrogen-bond acceptors (Lipinski definition) is 2. The van der Waals surface area contributed by atoms with Crippen molar-refractivity contribution in [1.29, 1.82) is 0 Å². The van der Waals surface area contributed by atoms with Crippen LogP contribution in [-0.4, -0.2) is 19.2 Å². The fourth-order valence-electron chi connectivity index (χ4n) is 2.13. The number of nitrogens with one attached hydrogen (secondary N) is 1. The zero-order valence-electron chi connectivity index (χ0n) is 13.5. The quantitative estimate of drug-likeness (QED) is 0.865. The van der Waals surface area contributed by atoms with Gasteiger partial charge in [0.15, 0.2) is 0 Å². The van der Waals surface area contributed by atoms with Gasteiger partial charge in [0.25, 0.3) is 0 Å². The molecule has 0 saturated heterocycles. The fraction of sp³-hybridized carbons (Fsp3) is 0.647. The SMILES string of the molecule is CNC(C)CC(C)Oc1ccc(C(C)(C)C)cc1C. The Labute approximate surface area is 118 Å². The lowest BCUT2D eigenvalue weighted by Crippen LogP contribution is -2.28. The number of hydrogen-bond donors (Lipinski definition) is 1. The topological polar surface area (TPSA) is 21.3 Å². The molecule has 0 amide bonds. The molecule has 2 atom stereocenters. The summed E-state index contributed by atoms with van der Waals surface area (Å²) < 4.78 is 6.05. The van der Waals surface area contributed by atoms with Crippen molar-refractivity contribution < 1.29 is 4.74 Å². The van der Waals surface area contributed by atoms with E-state index in [9.17, 15) is 0 Å². The molecule has 2 unspecified atom stereocenters. The summed E-state index contributed by atoms with van der Waals surface area (Å²) in [6.07, 6.45) is 1.23. The second-order valence-electron chi connectivity index (χ2n) is 6.58. The summed E-state index contributed by atoms with van der Waals surface area (Å²) in [6, 6.07) is 7.00. The second kappa shape index (κ2) is 6.42. The second-order valence-corrected chi connectivity index (χ2v) is 6.58. The third-order valence-corrected chi connectivity index (χ3v) is 3.55. The van der Waals surface area contributed by atoms with Crippen molar-refractivity contribution >= 4 is 0 Å². The largest absolute Gasteiger partial charge is 0.490 e. The molecule has 1 aromatic carbocycles. The van der Waals surface area contributed by atoms with Crippen molar-refractivity contribution in [2.24, 2.45) is 0 Å². The van der Waals surface area contributed by atoms with Gasteiger partial charge in [0.05, 0.1) is 6.10 Å². The first kappa shape index (κ1) is 16.0. The molecule has 0 aromatic heterocycles. The molecule has 1 rings (SSSR count). The van der Waals surface area contributed by atoms with E-state index in [0.717, 1.165) is 12.2 Å². The molecule has 0 heterocycles. The normalized spacial score (nSPS) is 15.1. The Hall–Kier alpha value is -1.02. The van der Waals surface area contributed by atoms with Gasteiger partial charge < -0.3 is 10.1 Å². The lowest BCUT2D eigenvalue weighted by atomic mass is 9.86. The third-order valence-electron chi connectivity index (χ3n) is 3.55. The molecule has 108 valence electrons. The Morgan fingerprint density at radius 1 is 1.21 bits per heavy atom. The van der Waals surface area contributed by atoms with Crippen molar-refractivity contribution in [2.45, 2.75) is 65.5 Å². The first-order valence-electron chi connectivity index (χ1n) is 7.19. The smallest absolute Gasteiger partial charge is 0.122 e. The molecule has 0 aliphatic heterocycles. The standard InChI is InChI=1S/C17H29NO/c1-12-10-15(17(4,5)6)8-9-16(12)19-14(3)11-13(2)18-7/h8-10,13-14,18H,11H2,1-7H3. The van der Waals surface area contributed by atoms with E-state index in [1.165, 1.54) is 11.1 Å². The van der Waals surface area contributed by atoms with Crippen LogP contribution in [-0.2, 0) is 5.41 Å². The minimum absolute atomic E-state index is 0.190. The molecule has 1 aromatic rings. The summed E-state index contributed by atoms with van der Waals surface area (Å²) in [5.41, 5.74) is 2.76. The van der Waals surface area contributed by atoms with Crippen LogP contribution in [0.25, 0.3) is 0 Å². The molecular formula is C17H29NO. The van der Waals surface area contributed by atoms with Crippen LogP contribution < -0.4 is 10.1 Å². The van der Waals surface area contributed by atoms with Gasteiger partial charge >= 0.3 is 0 Å². The number of aryl methyl sites for hydroxylation is 1. The molecular weight excluding hydrogens is 234 g/mol. The van der Waals surface area contributed by atoms with E-state index in [1.807, 2.05) is 7.05 Å². The minimum Gasteiger partial charge on any atom is -0.490 e. The Kier molecular flexibility index (Phi) is 5.42. The molecule has 2 heteroatoms. The van der Waals surface area contributed by atoms with E-state index in [2.05, 4.69) is 65.1 Å². The van der Waals surface area contributed by atoms with Crippen LogP contribution in [0.3, 0.4) is 0 Å². The first-order valence-corrected chi connectivity index (χ1v) is 7.19. The van der Waals surface area contributed by atoms with Crippen molar-refractivity contribution in [3.05, 3.63) is 29.3 Å². The van der Waals surface area contributed by atoms with Crippen LogP contribution in [0.1, 0.15) is 52.2 Å². The number of ether oxygens (including phenoxy) is 1. The third kappa shape index (κ3) is 4.87. The van der Waals surface area contributed by atoms with E-state index < -0.39 is 0 Å². The summed E-state index contributed by atoms with van der Waals surface area (Å²) >= 11 is 0. The zero-order valence-corrected chi connectivity index (χ0v) is 13.5. The average molecular weight is 263 g/mol. The summed E-state index contributed by atoms with van der Waals surface area (Å²) in [5.74, 6) is 1.00. The van der Waals surface area contributed by atoms with Crippen LogP contribution in [0.4, 0.5) is 0 Å². The highest BCUT2D eigenvalue weighted by molar-refractivity contribution is 5.38. The monoisotopic (exact) mass is 263 g/mol. The Bertz CT molecular complexity index is 406. The van der Waals surface area contributed by atoms with E-state index >= 15 is 0 Å². The molecule has 0 fully saturated rings. The Morgan fingerprint density at radius 3 is 2.32 bits per heavy atom. The highest BCUT2D eigenvalue weighted by atomic mass is 16.5. The molecule has 0 bridgehead atoms. The molecule has 0 aliphatic rings. The van der Waals surface area contributed by atoms with Crippen molar-refractivity contribution in [2.75, 3.05) is 7.05 Å². The summed E-state index contributed by atoms with van der Waals surface area (Å²) in [4.78, 5) is 0. The van der Waals surface area contributed by atoms with Crippen LogP contribution in [0.2, 0.25) is 0 Å². The molecule has 19 heavy (non-hydrogen) atoms. The maximum Gasteiger partial charge on any atom is 0.122 e. The number of rotatable bonds is 5. The highest BCUT2D eigenvalue weighted by Crippen LogP contribution is 2.28. The summed E-state index contributed by atoms with van der Waals surface area (Å²) in [5, 5.41) is 3.25. The zero-order chi connectivity index (χ0) is 14.6. The van der Waals surface area contributed by atoms with E-state index in [-0.39, 0.29) is 11.5 Å². The van der Waals surface area contributed by atoms with Crippen LogP contribution in [0.5, 0.6) is 5.75 Å². The number of benzene rings is 1. The fourth-order valence-corrected chi connectivity index (χ4v) is 2.13. The van der Waals surface area contributed by atoms with Gasteiger partial charge in [0.2, 0.25) is 0 Å². The highest BCUT2D eigenvalue weighted by Gasteiger charge is 2.16. The van der Waals surface area contributed by atoms with Gasteiger partial charge in [-0.1, -0.05) is 32.9 Å². The van der Waals surface area contributed by atoms with Gasteiger partial charge in [0, 0.05) is 6.04 Å². The van der Waals surface area contributed by atoms with Crippen LogP contribution >= 0.6 is 0 Å². The average Bonchev–Trinajstić information content (AvgIpc) is 2.30.